The minimum Gasteiger partial charge on any atom is -0.287 e. The number of hydrogen-bond acceptors (Lipinski definition) is 2. The van der Waals surface area contributed by atoms with Crippen LogP contribution in [0.4, 0.5) is 0 Å². The fourth-order valence-corrected chi connectivity index (χ4v) is 4.13. The summed E-state index contributed by atoms with van der Waals surface area (Å²) in [6.45, 7) is 4.27. The molecule has 0 unspecified atom stereocenters. The van der Waals surface area contributed by atoms with Gasteiger partial charge in [-0.15, -0.1) is 0 Å². The second kappa shape index (κ2) is 4.68. The van der Waals surface area contributed by atoms with Gasteiger partial charge in [0.25, 0.3) is 0 Å². The number of aromatic nitrogens is 2. The lowest BCUT2D eigenvalue weighted by molar-refractivity contribution is 1.19. The third kappa shape index (κ3) is 2.01. The summed E-state index contributed by atoms with van der Waals surface area (Å²) in [6, 6.07) is 14.9. The van der Waals surface area contributed by atoms with E-state index >= 15 is 0 Å². The second-order valence-electron chi connectivity index (χ2n) is 5.24. The third-order valence-electron chi connectivity index (χ3n) is 3.75. The highest BCUT2D eigenvalue weighted by Crippen LogP contribution is 2.33. The fourth-order valence-electron chi connectivity index (χ4n) is 2.70. The SMILES string of the molecule is Cc1ccc2c(c1)sc1nc(-c3ccc(Br)cc3)c(C)n12. The summed E-state index contributed by atoms with van der Waals surface area (Å²) >= 11 is 5.23. The number of halogens is 1. The second-order valence-corrected chi connectivity index (χ2v) is 7.17. The predicted molar refractivity (Wildman–Crippen MR) is 93.2 cm³/mol. The minimum absolute atomic E-state index is 1.06. The van der Waals surface area contributed by atoms with Gasteiger partial charge < -0.3 is 0 Å². The number of rotatable bonds is 1. The highest BCUT2D eigenvalue weighted by Gasteiger charge is 2.15. The summed E-state index contributed by atoms with van der Waals surface area (Å²) < 4.78 is 4.64. The Balaban J connectivity index is 2.00. The highest BCUT2D eigenvalue weighted by molar-refractivity contribution is 9.10. The van der Waals surface area contributed by atoms with Crippen LogP contribution in [0.15, 0.2) is 46.9 Å². The van der Waals surface area contributed by atoms with Crippen molar-refractivity contribution in [3.63, 3.8) is 0 Å². The Labute approximate surface area is 135 Å². The first kappa shape index (κ1) is 13.0. The lowest BCUT2D eigenvalue weighted by Gasteiger charge is -2.01. The largest absolute Gasteiger partial charge is 0.287 e. The van der Waals surface area contributed by atoms with Gasteiger partial charge in [0.05, 0.1) is 15.9 Å². The maximum Gasteiger partial charge on any atom is 0.195 e. The van der Waals surface area contributed by atoms with Crippen molar-refractivity contribution in [1.82, 2.24) is 9.38 Å². The first-order valence-electron chi connectivity index (χ1n) is 6.77. The van der Waals surface area contributed by atoms with Crippen molar-refractivity contribution in [2.45, 2.75) is 13.8 Å². The smallest absolute Gasteiger partial charge is 0.195 e. The molecule has 21 heavy (non-hydrogen) atoms. The molecule has 0 bridgehead atoms. The quantitative estimate of drug-likeness (QED) is 0.434. The first-order chi connectivity index (χ1) is 10.1. The van der Waals surface area contributed by atoms with Crippen LogP contribution < -0.4 is 0 Å². The van der Waals surface area contributed by atoms with Crippen molar-refractivity contribution in [3.8, 4) is 11.3 Å². The van der Waals surface area contributed by atoms with E-state index in [-0.39, 0.29) is 0 Å². The average Bonchev–Trinajstić information content (AvgIpc) is 2.96. The van der Waals surface area contributed by atoms with E-state index in [0.29, 0.717) is 0 Å². The molecule has 0 amide bonds. The molecule has 2 nitrogen and oxygen atoms in total. The molecule has 0 fully saturated rings. The molecule has 0 aliphatic rings. The number of hydrogen-bond donors (Lipinski definition) is 0. The van der Waals surface area contributed by atoms with E-state index in [1.165, 1.54) is 21.5 Å². The van der Waals surface area contributed by atoms with E-state index in [0.717, 1.165) is 20.7 Å². The van der Waals surface area contributed by atoms with Gasteiger partial charge >= 0.3 is 0 Å². The van der Waals surface area contributed by atoms with Crippen molar-refractivity contribution < 1.29 is 0 Å². The Hall–Kier alpha value is -1.65. The maximum absolute atomic E-state index is 4.85. The lowest BCUT2D eigenvalue weighted by atomic mass is 10.1. The Kier molecular flexibility index (Phi) is 2.91. The Morgan fingerprint density at radius 3 is 2.57 bits per heavy atom. The van der Waals surface area contributed by atoms with Gasteiger partial charge in [-0.05, 0) is 43.7 Å². The monoisotopic (exact) mass is 356 g/mol. The van der Waals surface area contributed by atoms with Crippen LogP contribution >= 0.6 is 27.3 Å². The van der Waals surface area contributed by atoms with Crippen LogP contribution in [0.2, 0.25) is 0 Å². The van der Waals surface area contributed by atoms with Crippen LogP contribution in [0.5, 0.6) is 0 Å². The summed E-state index contributed by atoms with van der Waals surface area (Å²) in [5.74, 6) is 0. The summed E-state index contributed by atoms with van der Waals surface area (Å²) in [4.78, 5) is 5.91. The van der Waals surface area contributed by atoms with Crippen LogP contribution in [0.1, 0.15) is 11.3 Å². The molecule has 0 saturated heterocycles. The molecule has 2 aromatic heterocycles. The number of nitrogens with zero attached hydrogens (tertiary/aromatic N) is 2. The highest BCUT2D eigenvalue weighted by atomic mass is 79.9. The molecule has 2 heterocycles. The molecule has 0 spiro atoms. The molecule has 0 saturated carbocycles. The zero-order valence-corrected chi connectivity index (χ0v) is 14.1. The van der Waals surface area contributed by atoms with Crippen LogP contribution in [-0.2, 0) is 0 Å². The number of benzene rings is 2. The third-order valence-corrected chi connectivity index (χ3v) is 5.28. The van der Waals surface area contributed by atoms with E-state index in [4.69, 9.17) is 4.98 Å². The predicted octanol–water partition coefficient (Wildman–Crippen LogP) is 5.60. The number of aryl methyl sites for hydroxylation is 2. The van der Waals surface area contributed by atoms with Gasteiger partial charge in [-0.25, -0.2) is 4.98 Å². The molecule has 0 atom stereocenters. The van der Waals surface area contributed by atoms with Crippen LogP contribution in [-0.4, -0.2) is 9.38 Å². The molecule has 4 rings (SSSR count). The first-order valence-corrected chi connectivity index (χ1v) is 8.38. The van der Waals surface area contributed by atoms with Crippen molar-refractivity contribution in [1.29, 1.82) is 0 Å². The molecule has 104 valence electrons. The maximum atomic E-state index is 4.85. The van der Waals surface area contributed by atoms with Crippen LogP contribution in [0.3, 0.4) is 0 Å². The Morgan fingerprint density at radius 1 is 1.05 bits per heavy atom. The van der Waals surface area contributed by atoms with Gasteiger partial charge in [0.2, 0.25) is 0 Å². The molecule has 0 aliphatic carbocycles. The molecule has 4 aromatic rings. The van der Waals surface area contributed by atoms with E-state index in [1.54, 1.807) is 11.3 Å². The average molecular weight is 357 g/mol. The Morgan fingerprint density at radius 2 is 1.81 bits per heavy atom. The van der Waals surface area contributed by atoms with Crippen molar-refractivity contribution >= 4 is 42.4 Å². The van der Waals surface area contributed by atoms with Crippen LogP contribution in [0, 0.1) is 13.8 Å². The van der Waals surface area contributed by atoms with Gasteiger partial charge in [0.15, 0.2) is 4.96 Å². The van der Waals surface area contributed by atoms with Gasteiger partial charge in [0, 0.05) is 15.7 Å². The van der Waals surface area contributed by atoms with E-state index in [9.17, 15) is 0 Å². The fraction of sp³-hybridized carbons (Fsp3) is 0.118. The van der Waals surface area contributed by atoms with Crippen LogP contribution in [0.25, 0.3) is 26.4 Å². The summed E-state index contributed by atoms with van der Waals surface area (Å²) in [6.07, 6.45) is 0. The molecule has 4 heteroatoms. The van der Waals surface area contributed by atoms with Gasteiger partial charge in [-0.1, -0.05) is 45.5 Å². The Bertz CT molecular complexity index is 964. The zero-order chi connectivity index (χ0) is 14.6. The molecule has 0 N–H and O–H groups in total. The summed E-state index contributed by atoms with van der Waals surface area (Å²) in [5, 5.41) is 0. The molecule has 2 aromatic carbocycles. The standard InChI is InChI=1S/C17H13BrN2S/c1-10-3-8-14-15(9-10)21-17-19-16(11(2)20(14)17)12-4-6-13(18)7-5-12/h3-9H,1-2H3. The minimum atomic E-state index is 1.06. The lowest BCUT2D eigenvalue weighted by Crippen LogP contribution is -1.86. The van der Waals surface area contributed by atoms with Crippen molar-refractivity contribution in [3.05, 3.63) is 58.2 Å². The van der Waals surface area contributed by atoms with Gasteiger partial charge in [-0.3, -0.25) is 4.40 Å². The van der Waals surface area contributed by atoms with Gasteiger partial charge in [0.1, 0.15) is 0 Å². The number of thiazole rings is 1. The van der Waals surface area contributed by atoms with E-state index in [2.05, 4.69) is 76.6 Å². The topological polar surface area (TPSA) is 17.3 Å². The molecule has 0 radical (unpaired) electrons. The van der Waals surface area contributed by atoms with Gasteiger partial charge in [-0.2, -0.15) is 0 Å². The molecular weight excluding hydrogens is 344 g/mol. The summed E-state index contributed by atoms with van der Waals surface area (Å²) in [5.41, 5.74) is 5.96. The van der Waals surface area contributed by atoms with Crippen molar-refractivity contribution in [2.24, 2.45) is 0 Å². The number of fused-ring (bicyclic) bond motifs is 3. The summed E-state index contributed by atoms with van der Waals surface area (Å²) in [7, 11) is 0. The zero-order valence-electron chi connectivity index (χ0n) is 11.7. The molecular formula is C17H13BrN2S. The van der Waals surface area contributed by atoms with E-state index < -0.39 is 0 Å². The normalized spacial score (nSPS) is 11.6. The van der Waals surface area contributed by atoms with E-state index in [1.807, 2.05) is 0 Å². The van der Waals surface area contributed by atoms with Crippen molar-refractivity contribution in [2.75, 3.05) is 0 Å². The molecule has 0 aliphatic heterocycles. The number of imidazole rings is 1.